The molecule has 8 heteroatoms. The number of benzene rings is 1. The quantitative estimate of drug-likeness (QED) is 0.860. The molecule has 3 rings (SSSR count). The summed E-state index contributed by atoms with van der Waals surface area (Å²) in [5.74, 6) is 2.64. The molecule has 1 fully saturated rings. The molecule has 24 heavy (non-hydrogen) atoms. The van der Waals surface area contributed by atoms with Gasteiger partial charge in [-0.25, -0.2) is 13.1 Å². The maximum absolute atomic E-state index is 12.5. The van der Waals surface area contributed by atoms with Crippen LogP contribution >= 0.6 is 0 Å². The van der Waals surface area contributed by atoms with Gasteiger partial charge in [-0.05, 0) is 43.5 Å². The lowest BCUT2D eigenvalue weighted by molar-refractivity contribution is 0.391. The summed E-state index contributed by atoms with van der Waals surface area (Å²) in [7, 11) is -0.185. The van der Waals surface area contributed by atoms with Crippen LogP contribution in [0.25, 0.3) is 0 Å². The van der Waals surface area contributed by atoms with Crippen molar-refractivity contribution in [2.24, 2.45) is 7.05 Å². The van der Waals surface area contributed by atoms with Crippen molar-refractivity contribution in [2.45, 2.75) is 43.5 Å². The van der Waals surface area contributed by atoms with E-state index in [9.17, 15) is 8.42 Å². The SMILES string of the molecule is COc1ccc(S(=O)(=O)NCc2nnc(C3CCC3)n2C)c(C)c1. The molecule has 2 aromatic rings. The molecule has 0 bridgehead atoms. The maximum Gasteiger partial charge on any atom is 0.241 e. The van der Waals surface area contributed by atoms with Gasteiger partial charge in [0.25, 0.3) is 0 Å². The van der Waals surface area contributed by atoms with Gasteiger partial charge in [0.15, 0.2) is 0 Å². The highest BCUT2D eigenvalue weighted by molar-refractivity contribution is 7.89. The smallest absolute Gasteiger partial charge is 0.241 e. The third-order valence-electron chi connectivity index (χ3n) is 4.56. The molecule has 0 radical (unpaired) electrons. The molecule has 0 atom stereocenters. The van der Waals surface area contributed by atoms with Gasteiger partial charge in [0.05, 0.1) is 18.6 Å². The number of methoxy groups -OCH3 is 1. The number of ether oxygens (including phenoxy) is 1. The van der Waals surface area contributed by atoms with Gasteiger partial charge in [-0.3, -0.25) is 0 Å². The van der Waals surface area contributed by atoms with Crippen molar-refractivity contribution >= 4 is 10.0 Å². The molecule has 1 aromatic heterocycles. The van der Waals surface area contributed by atoms with Crippen LogP contribution in [-0.2, 0) is 23.6 Å². The molecule has 7 nitrogen and oxygen atoms in total. The Morgan fingerprint density at radius 1 is 1.33 bits per heavy atom. The second-order valence-corrected chi connectivity index (χ2v) is 7.85. The van der Waals surface area contributed by atoms with Gasteiger partial charge in [-0.15, -0.1) is 10.2 Å². The van der Waals surface area contributed by atoms with E-state index in [4.69, 9.17) is 4.74 Å². The average Bonchev–Trinajstić information content (AvgIpc) is 2.84. The van der Waals surface area contributed by atoms with Crippen LogP contribution in [0.3, 0.4) is 0 Å². The van der Waals surface area contributed by atoms with Gasteiger partial charge in [-0.1, -0.05) is 6.42 Å². The first-order valence-corrected chi connectivity index (χ1v) is 9.43. The Balaban J connectivity index is 1.75. The minimum atomic E-state index is -3.62. The van der Waals surface area contributed by atoms with E-state index in [-0.39, 0.29) is 11.4 Å². The fraction of sp³-hybridized carbons (Fsp3) is 0.500. The lowest BCUT2D eigenvalue weighted by atomic mass is 9.85. The molecule has 0 spiro atoms. The van der Waals surface area contributed by atoms with Crippen LogP contribution in [0.4, 0.5) is 0 Å². The predicted octanol–water partition coefficient (Wildman–Crippen LogP) is 1.88. The Hall–Kier alpha value is -1.93. The summed E-state index contributed by atoms with van der Waals surface area (Å²) >= 11 is 0. The molecule has 1 saturated carbocycles. The number of sulfonamides is 1. The summed E-state index contributed by atoms with van der Waals surface area (Å²) in [6, 6.07) is 4.89. The standard InChI is InChI=1S/C16H22N4O3S/c1-11-9-13(23-3)7-8-14(11)24(21,22)17-10-15-18-19-16(20(15)2)12-5-4-6-12/h7-9,12,17H,4-6,10H2,1-3H3. The number of aryl methyl sites for hydroxylation is 1. The number of hydrogen-bond donors (Lipinski definition) is 1. The number of aromatic nitrogens is 3. The van der Waals surface area contributed by atoms with Gasteiger partial charge in [0.2, 0.25) is 10.0 Å². The van der Waals surface area contributed by atoms with E-state index in [2.05, 4.69) is 14.9 Å². The second kappa shape index (κ2) is 6.52. The summed E-state index contributed by atoms with van der Waals surface area (Å²) in [4.78, 5) is 0.240. The molecule has 130 valence electrons. The Morgan fingerprint density at radius 3 is 2.67 bits per heavy atom. The fourth-order valence-corrected chi connectivity index (χ4v) is 4.04. The first-order chi connectivity index (χ1) is 11.4. The molecule has 0 unspecified atom stereocenters. The zero-order chi connectivity index (χ0) is 17.3. The molecule has 1 aromatic carbocycles. The summed E-state index contributed by atoms with van der Waals surface area (Å²) < 4.78 is 34.7. The zero-order valence-electron chi connectivity index (χ0n) is 14.1. The number of nitrogens with one attached hydrogen (secondary N) is 1. The van der Waals surface area contributed by atoms with E-state index in [0.29, 0.717) is 23.1 Å². The zero-order valence-corrected chi connectivity index (χ0v) is 14.9. The van der Waals surface area contributed by atoms with Crippen molar-refractivity contribution in [1.29, 1.82) is 0 Å². The molecule has 1 N–H and O–H groups in total. The van der Waals surface area contributed by atoms with E-state index in [0.717, 1.165) is 18.7 Å². The van der Waals surface area contributed by atoms with Gasteiger partial charge in [-0.2, -0.15) is 0 Å². The summed E-state index contributed by atoms with van der Waals surface area (Å²) in [5, 5.41) is 8.34. The molecule has 0 saturated heterocycles. The third kappa shape index (κ3) is 3.16. The van der Waals surface area contributed by atoms with Crippen molar-refractivity contribution < 1.29 is 13.2 Å². The molecule has 1 heterocycles. The van der Waals surface area contributed by atoms with E-state index in [1.807, 2.05) is 11.6 Å². The fourth-order valence-electron chi connectivity index (χ4n) is 2.84. The first kappa shape index (κ1) is 16.9. The van der Waals surface area contributed by atoms with Crippen LogP contribution in [0, 0.1) is 6.92 Å². The monoisotopic (exact) mass is 350 g/mol. The third-order valence-corrected chi connectivity index (χ3v) is 6.12. The maximum atomic E-state index is 12.5. The predicted molar refractivity (Wildman–Crippen MR) is 89.4 cm³/mol. The Morgan fingerprint density at radius 2 is 2.08 bits per heavy atom. The molecule has 0 amide bonds. The van der Waals surface area contributed by atoms with Crippen LogP contribution < -0.4 is 9.46 Å². The van der Waals surface area contributed by atoms with Crippen molar-refractivity contribution in [1.82, 2.24) is 19.5 Å². The Bertz CT molecular complexity index is 841. The molecular weight excluding hydrogens is 328 g/mol. The normalized spacial score (nSPS) is 15.3. The Labute approximate surface area is 142 Å². The van der Waals surface area contributed by atoms with Crippen molar-refractivity contribution in [2.75, 3.05) is 7.11 Å². The van der Waals surface area contributed by atoms with Crippen molar-refractivity contribution in [3.8, 4) is 5.75 Å². The molecule has 1 aliphatic rings. The summed E-state index contributed by atoms with van der Waals surface area (Å²) in [5.41, 5.74) is 0.634. The van der Waals surface area contributed by atoms with Gasteiger partial charge in [0, 0.05) is 13.0 Å². The molecule has 0 aliphatic heterocycles. The van der Waals surface area contributed by atoms with Crippen molar-refractivity contribution in [3.05, 3.63) is 35.4 Å². The highest BCUT2D eigenvalue weighted by atomic mass is 32.2. The summed E-state index contributed by atoms with van der Waals surface area (Å²) in [6.45, 7) is 1.86. The van der Waals surface area contributed by atoms with Gasteiger partial charge < -0.3 is 9.30 Å². The lowest BCUT2D eigenvalue weighted by Crippen LogP contribution is -2.26. The van der Waals surface area contributed by atoms with E-state index >= 15 is 0 Å². The minimum Gasteiger partial charge on any atom is -0.497 e. The Kier molecular flexibility index (Phi) is 4.60. The number of nitrogens with zero attached hydrogens (tertiary/aromatic N) is 3. The van der Waals surface area contributed by atoms with Crippen LogP contribution in [0.1, 0.15) is 42.4 Å². The lowest BCUT2D eigenvalue weighted by Gasteiger charge is -2.24. The average molecular weight is 350 g/mol. The van der Waals surface area contributed by atoms with Crippen LogP contribution in [-0.4, -0.2) is 30.3 Å². The van der Waals surface area contributed by atoms with Crippen LogP contribution in [0.5, 0.6) is 5.75 Å². The number of rotatable bonds is 6. The summed E-state index contributed by atoms with van der Waals surface area (Å²) in [6.07, 6.45) is 3.47. The van der Waals surface area contributed by atoms with Gasteiger partial charge in [0.1, 0.15) is 17.4 Å². The van der Waals surface area contributed by atoms with E-state index in [1.54, 1.807) is 32.2 Å². The van der Waals surface area contributed by atoms with Crippen molar-refractivity contribution in [3.63, 3.8) is 0 Å². The van der Waals surface area contributed by atoms with Crippen LogP contribution in [0.15, 0.2) is 23.1 Å². The second-order valence-electron chi connectivity index (χ2n) is 6.12. The van der Waals surface area contributed by atoms with Gasteiger partial charge >= 0.3 is 0 Å². The highest BCUT2D eigenvalue weighted by Crippen LogP contribution is 2.35. The first-order valence-electron chi connectivity index (χ1n) is 7.95. The van der Waals surface area contributed by atoms with E-state index < -0.39 is 10.0 Å². The van der Waals surface area contributed by atoms with E-state index in [1.165, 1.54) is 6.42 Å². The molecule has 1 aliphatic carbocycles. The number of hydrogen-bond acceptors (Lipinski definition) is 5. The van der Waals surface area contributed by atoms with Crippen LogP contribution in [0.2, 0.25) is 0 Å². The largest absolute Gasteiger partial charge is 0.497 e. The molecular formula is C16H22N4O3S. The topological polar surface area (TPSA) is 86.1 Å². The minimum absolute atomic E-state index is 0.115. The highest BCUT2D eigenvalue weighted by Gasteiger charge is 2.26.